The molecule has 16 heavy (non-hydrogen) atoms. The SMILES string of the molecule is COc1c(C(N)CC(=O)O)ccc(F)c1Cl. The van der Waals surface area contributed by atoms with E-state index in [-0.39, 0.29) is 17.2 Å². The summed E-state index contributed by atoms with van der Waals surface area (Å²) in [5.41, 5.74) is 6.02. The van der Waals surface area contributed by atoms with Gasteiger partial charge in [0, 0.05) is 11.6 Å². The highest BCUT2D eigenvalue weighted by atomic mass is 35.5. The van der Waals surface area contributed by atoms with Gasteiger partial charge in [-0.15, -0.1) is 0 Å². The third kappa shape index (κ3) is 2.62. The van der Waals surface area contributed by atoms with Gasteiger partial charge in [0.15, 0.2) is 0 Å². The van der Waals surface area contributed by atoms with E-state index in [2.05, 4.69) is 0 Å². The van der Waals surface area contributed by atoms with Crippen LogP contribution in [0.15, 0.2) is 12.1 Å². The van der Waals surface area contributed by atoms with Crippen LogP contribution in [0.3, 0.4) is 0 Å². The van der Waals surface area contributed by atoms with Crippen molar-refractivity contribution in [3.8, 4) is 5.75 Å². The minimum atomic E-state index is -1.05. The number of rotatable bonds is 4. The molecule has 4 nitrogen and oxygen atoms in total. The van der Waals surface area contributed by atoms with Gasteiger partial charge in [0.05, 0.1) is 13.5 Å². The van der Waals surface area contributed by atoms with Gasteiger partial charge in [0.1, 0.15) is 16.6 Å². The summed E-state index contributed by atoms with van der Waals surface area (Å²) >= 11 is 5.68. The van der Waals surface area contributed by atoms with Gasteiger partial charge in [-0.3, -0.25) is 4.79 Å². The lowest BCUT2D eigenvalue weighted by Gasteiger charge is -2.15. The Kier molecular flexibility index (Phi) is 4.09. The summed E-state index contributed by atoms with van der Waals surface area (Å²) in [5.74, 6) is -1.60. The van der Waals surface area contributed by atoms with Crippen LogP contribution in [0.4, 0.5) is 4.39 Å². The van der Waals surface area contributed by atoms with Gasteiger partial charge in [-0.05, 0) is 6.07 Å². The van der Waals surface area contributed by atoms with Gasteiger partial charge in [-0.2, -0.15) is 0 Å². The van der Waals surface area contributed by atoms with Crippen LogP contribution in [0.2, 0.25) is 5.02 Å². The number of hydrogen-bond donors (Lipinski definition) is 2. The Morgan fingerprint density at radius 3 is 2.81 bits per heavy atom. The maximum Gasteiger partial charge on any atom is 0.305 e. The van der Waals surface area contributed by atoms with Gasteiger partial charge < -0.3 is 15.6 Å². The Morgan fingerprint density at radius 1 is 1.69 bits per heavy atom. The van der Waals surface area contributed by atoms with Crippen LogP contribution in [-0.4, -0.2) is 18.2 Å². The van der Waals surface area contributed by atoms with E-state index >= 15 is 0 Å². The van der Waals surface area contributed by atoms with Crippen LogP contribution in [0, 0.1) is 5.82 Å². The summed E-state index contributed by atoms with van der Waals surface area (Å²) in [5, 5.41) is 8.41. The molecule has 3 N–H and O–H groups in total. The van der Waals surface area contributed by atoms with E-state index in [4.69, 9.17) is 27.2 Å². The van der Waals surface area contributed by atoms with Crippen LogP contribution in [-0.2, 0) is 4.79 Å². The van der Waals surface area contributed by atoms with Crippen molar-refractivity contribution in [1.29, 1.82) is 0 Å². The van der Waals surface area contributed by atoms with E-state index in [1.807, 2.05) is 0 Å². The van der Waals surface area contributed by atoms with Crippen molar-refractivity contribution in [2.24, 2.45) is 5.73 Å². The van der Waals surface area contributed by atoms with Gasteiger partial charge in [-0.25, -0.2) is 4.39 Å². The fourth-order valence-electron chi connectivity index (χ4n) is 1.34. The molecule has 0 spiro atoms. The highest BCUT2D eigenvalue weighted by Gasteiger charge is 2.19. The van der Waals surface area contributed by atoms with Crippen molar-refractivity contribution in [3.63, 3.8) is 0 Å². The summed E-state index contributed by atoms with van der Waals surface area (Å²) in [6.07, 6.45) is -0.279. The number of carboxylic acids is 1. The molecular weight excluding hydrogens is 237 g/mol. The molecule has 0 fully saturated rings. The van der Waals surface area contributed by atoms with Crippen molar-refractivity contribution in [1.82, 2.24) is 0 Å². The molecule has 88 valence electrons. The molecule has 1 unspecified atom stereocenters. The molecule has 0 saturated heterocycles. The summed E-state index contributed by atoms with van der Waals surface area (Å²) < 4.78 is 18.0. The second-order valence-electron chi connectivity index (χ2n) is 3.19. The maximum atomic E-state index is 13.1. The van der Waals surface area contributed by atoms with E-state index in [1.165, 1.54) is 13.2 Å². The Morgan fingerprint density at radius 2 is 2.31 bits per heavy atom. The first-order valence-electron chi connectivity index (χ1n) is 4.46. The quantitative estimate of drug-likeness (QED) is 0.853. The number of carbonyl (C=O) groups is 1. The van der Waals surface area contributed by atoms with Crippen LogP contribution < -0.4 is 10.5 Å². The zero-order chi connectivity index (χ0) is 12.3. The van der Waals surface area contributed by atoms with Crippen LogP contribution in [0.25, 0.3) is 0 Å². The van der Waals surface area contributed by atoms with Crippen LogP contribution in [0.1, 0.15) is 18.0 Å². The summed E-state index contributed by atoms with van der Waals surface area (Å²) in [6, 6.07) is 1.71. The molecule has 0 aliphatic rings. The molecule has 0 aliphatic heterocycles. The Bertz CT molecular complexity index is 411. The lowest BCUT2D eigenvalue weighted by Crippen LogP contribution is -2.16. The van der Waals surface area contributed by atoms with Gasteiger partial charge >= 0.3 is 5.97 Å². The monoisotopic (exact) mass is 247 g/mol. The Labute approximate surface area is 96.8 Å². The number of hydrogen-bond acceptors (Lipinski definition) is 3. The van der Waals surface area contributed by atoms with Gasteiger partial charge in [-0.1, -0.05) is 17.7 Å². The van der Waals surface area contributed by atoms with E-state index in [9.17, 15) is 9.18 Å². The zero-order valence-corrected chi connectivity index (χ0v) is 9.29. The molecular formula is C10H11ClFNO3. The van der Waals surface area contributed by atoms with Gasteiger partial charge in [0.2, 0.25) is 0 Å². The number of halogens is 2. The second-order valence-corrected chi connectivity index (χ2v) is 3.57. The van der Waals surface area contributed by atoms with Gasteiger partial charge in [0.25, 0.3) is 0 Å². The zero-order valence-electron chi connectivity index (χ0n) is 8.54. The number of aliphatic carboxylic acids is 1. The first kappa shape index (κ1) is 12.7. The standard InChI is InChI=1S/C10H11ClFNO3/c1-16-10-5(7(13)4-8(14)15)2-3-6(12)9(10)11/h2-3,7H,4,13H2,1H3,(H,14,15). The molecule has 1 atom stereocenters. The van der Waals surface area contributed by atoms with Crippen molar-refractivity contribution < 1.29 is 19.0 Å². The smallest absolute Gasteiger partial charge is 0.305 e. The predicted octanol–water partition coefficient (Wildman–Crippen LogP) is 1.96. The van der Waals surface area contributed by atoms with Crippen molar-refractivity contribution >= 4 is 17.6 Å². The number of nitrogens with two attached hydrogens (primary N) is 1. The normalized spacial score (nSPS) is 12.2. The first-order valence-corrected chi connectivity index (χ1v) is 4.84. The van der Waals surface area contributed by atoms with E-state index in [0.29, 0.717) is 5.56 Å². The number of methoxy groups -OCH3 is 1. The van der Waals surface area contributed by atoms with Crippen molar-refractivity contribution in [3.05, 3.63) is 28.5 Å². The fourth-order valence-corrected chi connectivity index (χ4v) is 1.59. The van der Waals surface area contributed by atoms with E-state index in [1.54, 1.807) is 0 Å². The Balaban J connectivity index is 3.13. The summed E-state index contributed by atoms with van der Waals surface area (Å²) in [6.45, 7) is 0. The Hall–Kier alpha value is -1.33. The second kappa shape index (κ2) is 5.14. The average molecular weight is 248 g/mol. The number of benzene rings is 1. The van der Waals surface area contributed by atoms with Crippen molar-refractivity contribution in [2.75, 3.05) is 7.11 Å². The molecule has 0 aliphatic carbocycles. The largest absolute Gasteiger partial charge is 0.495 e. The molecule has 0 aromatic heterocycles. The molecule has 1 aromatic carbocycles. The topological polar surface area (TPSA) is 72.5 Å². The van der Waals surface area contributed by atoms with Crippen LogP contribution >= 0.6 is 11.6 Å². The summed E-state index contributed by atoms with van der Waals surface area (Å²) in [4.78, 5) is 10.5. The molecule has 0 amide bonds. The first-order chi connectivity index (χ1) is 7.47. The van der Waals surface area contributed by atoms with E-state index < -0.39 is 17.8 Å². The minimum Gasteiger partial charge on any atom is -0.495 e. The molecule has 0 radical (unpaired) electrons. The molecule has 1 aromatic rings. The highest BCUT2D eigenvalue weighted by Crippen LogP contribution is 2.34. The maximum absolute atomic E-state index is 13.1. The third-order valence-electron chi connectivity index (χ3n) is 2.08. The molecule has 1 rings (SSSR count). The average Bonchev–Trinajstić information content (AvgIpc) is 2.20. The predicted molar refractivity (Wildman–Crippen MR) is 57.1 cm³/mol. The molecule has 0 bridgehead atoms. The van der Waals surface area contributed by atoms with Crippen LogP contribution in [0.5, 0.6) is 5.75 Å². The summed E-state index contributed by atoms with van der Waals surface area (Å²) in [7, 11) is 1.32. The third-order valence-corrected chi connectivity index (χ3v) is 2.43. The lowest BCUT2D eigenvalue weighted by molar-refractivity contribution is -0.137. The molecule has 6 heteroatoms. The fraction of sp³-hybridized carbons (Fsp3) is 0.300. The highest BCUT2D eigenvalue weighted by molar-refractivity contribution is 6.32. The molecule has 0 saturated carbocycles. The number of ether oxygens (including phenoxy) is 1. The minimum absolute atomic E-state index is 0.0791. The van der Waals surface area contributed by atoms with Crippen molar-refractivity contribution in [2.45, 2.75) is 12.5 Å². The van der Waals surface area contributed by atoms with E-state index in [0.717, 1.165) is 6.07 Å². The number of carboxylic acid groups (broad SMARTS) is 1. The molecule has 0 heterocycles. The lowest BCUT2D eigenvalue weighted by atomic mass is 10.0.